The highest BCUT2D eigenvalue weighted by Crippen LogP contribution is 2.29. The van der Waals surface area contributed by atoms with E-state index in [0.29, 0.717) is 32.6 Å². The number of unbranched alkanes of at least 4 members (excludes halogenated alkanes) is 1. The molecule has 0 aromatic heterocycles. The first-order valence-electron chi connectivity index (χ1n) is 11.5. The number of nitrogens with zero attached hydrogens (tertiary/aromatic N) is 3. The van der Waals surface area contributed by atoms with E-state index in [9.17, 15) is 14.4 Å². The number of methoxy groups -OCH3 is 1. The van der Waals surface area contributed by atoms with Crippen LogP contribution in [0, 0.1) is 11.8 Å². The highest BCUT2D eigenvalue weighted by atomic mass is 16.5. The molecule has 0 radical (unpaired) electrons. The summed E-state index contributed by atoms with van der Waals surface area (Å²) in [5.74, 6) is -1.96. The average molecular weight is 458 g/mol. The van der Waals surface area contributed by atoms with Crippen molar-refractivity contribution in [3.8, 4) is 0 Å². The van der Waals surface area contributed by atoms with E-state index in [4.69, 9.17) is 14.6 Å². The number of ether oxygens (including phenoxy) is 2. The van der Waals surface area contributed by atoms with E-state index in [0.717, 1.165) is 6.42 Å². The number of amides is 1. The van der Waals surface area contributed by atoms with Crippen LogP contribution in [0.4, 0.5) is 0 Å². The summed E-state index contributed by atoms with van der Waals surface area (Å²) in [6.07, 6.45) is 1.49. The van der Waals surface area contributed by atoms with Crippen molar-refractivity contribution in [1.82, 2.24) is 14.7 Å². The molecule has 9 heteroatoms. The van der Waals surface area contributed by atoms with Gasteiger partial charge in [0.15, 0.2) is 5.78 Å². The molecule has 1 heterocycles. The van der Waals surface area contributed by atoms with Gasteiger partial charge in [0.1, 0.15) is 12.5 Å². The van der Waals surface area contributed by atoms with E-state index in [1.807, 2.05) is 32.8 Å². The lowest BCUT2D eigenvalue weighted by atomic mass is 9.88. The Hall–Kier alpha value is -1.55. The first-order chi connectivity index (χ1) is 15.0. The van der Waals surface area contributed by atoms with Crippen LogP contribution in [-0.2, 0) is 23.9 Å². The smallest absolute Gasteiger partial charge is 0.316 e. The first-order valence-corrected chi connectivity index (χ1v) is 11.5. The van der Waals surface area contributed by atoms with E-state index in [2.05, 4.69) is 4.90 Å². The van der Waals surface area contributed by atoms with Gasteiger partial charge in [-0.25, -0.2) is 0 Å². The van der Waals surface area contributed by atoms with Gasteiger partial charge in [0.05, 0.1) is 18.7 Å². The Morgan fingerprint density at radius 1 is 1.09 bits per heavy atom. The van der Waals surface area contributed by atoms with Crippen LogP contribution in [0.5, 0.6) is 0 Å². The van der Waals surface area contributed by atoms with Gasteiger partial charge < -0.3 is 19.5 Å². The average Bonchev–Trinajstić information content (AvgIpc) is 2.71. The Morgan fingerprint density at radius 2 is 1.72 bits per heavy atom. The number of carbonyl (C=O) groups excluding carboxylic acids is 3. The fraction of sp³-hybridized carbons (Fsp3) is 0.870. The second kappa shape index (κ2) is 13.2. The lowest BCUT2D eigenvalue weighted by molar-refractivity contribution is -0.166. The number of rotatable bonds is 15. The number of aliphatic hydroxyl groups excluding tert-OH is 1. The second-order valence-electron chi connectivity index (χ2n) is 9.42. The molecular formula is C23H43N3O6. The molecule has 32 heavy (non-hydrogen) atoms. The highest BCUT2D eigenvalue weighted by Gasteiger charge is 2.49. The van der Waals surface area contributed by atoms with Gasteiger partial charge in [-0.2, -0.15) is 0 Å². The van der Waals surface area contributed by atoms with E-state index in [1.165, 1.54) is 7.11 Å². The van der Waals surface area contributed by atoms with Gasteiger partial charge in [-0.15, -0.1) is 0 Å². The minimum atomic E-state index is -0.866. The molecular weight excluding hydrogens is 414 g/mol. The van der Waals surface area contributed by atoms with Gasteiger partial charge in [0.2, 0.25) is 5.91 Å². The van der Waals surface area contributed by atoms with Crippen LogP contribution < -0.4 is 0 Å². The number of Topliss-reactive ketones (excluding diaryl/α,β-unsaturated/α-hetero) is 1. The summed E-state index contributed by atoms with van der Waals surface area (Å²) in [6, 6.07) is 0.270. The van der Waals surface area contributed by atoms with Crippen molar-refractivity contribution in [3.63, 3.8) is 0 Å². The fourth-order valence-corrected chi connectivity index (χ4v) is 3.68. The SMILES string of the molecule is COCC(C)C(=O)C(C)C(=O)OCC1(N(C)CCCCO)CN(C(=O)CN(C)C(C)C)C1. The monoisotopic (exact) mass is 457 g/mol. The van der Waals surface area contributed by atoms with Crippen molar-refractivity contribution in [3.05, 3.63) is 0 Å². The summed E-state index contributed by atoms with van der Waals surface area (Å²) in [5, 5.41) is 9.08. The van der Waals surface area contributed by atoms with Crippen LogP contribution >= 0.6 is 0 Å². The quantitative estimate of drug-likeness (QED) is 0.217. The minimum Gasteiger partial charge on any atom is -0.463 e. The molecule has 1 rings (SSSR count). The lowest BCUT2D eigenvalue weighted by Gasteiger charge is -2.54. The van der Waals surface area contributed by atoms with E-state index >= 15 is 0 Å². The molecule has 0 saturated carbocycles. The molecule has 1 aliphatic heterocycles. The number of ketones is 1. The summed E-state index contributed by atoms with van der Waals surface area (Å²) >= 11 is 0. The van der Waals surface area contributed by atoms with Crippen LogP contribution in [0.25, 0.3) is 0 Å². The molecule has 1 N–H and O–H groups in total. The van der Waals surface area contributed by atoms with Gasteiger partial charge in [-0.3, -0.25) is 24.2 Å². The molecule has 0 bridgehead atoms. The predicted molar refractivity (Wildman–Crippen MR) is 122 cm³/mol. The number of hydrogen-bond donors (Lipinski definition) is 1. The number of esters is 1. The molecule has 9 nitrogen and oxygen atoms in total. The second-order valence-corrected chi connectivity index (χ2v) is 9.42. The van der Waals surface area contributed by atoms with Crippen molar-refractivity contribution in [1.29, 1.82) is 0 Å². The number of likely N-dealkylation sites (N-methyl/N-ethyl adjacent to an activating group) is 2. The van der Waals surface area contributed by atoms with Crippen LogP contribution in [0.2, 0.25) is 0 Å². The highest BCUT2D eigenvalue weighted by molar-refractivity contribution is 5.99. The van der Waals surface area contributed by atoms with Crippen LogP contribution in [0.3, 0.4) is 0 Å². The maximum Gasteiger partial charge on any atom is 0.316 e. The fourth-order valence-electron chi connectivity index (χ4n) is 3.68. The van der Waals surface area contributed by atoms with Crippen molar-refractivity contribution < 1.29 is 29.0 Å². The summed E-state index contributed by atoms with van der Waals surface area (Å²) in [4.78, 5) is 43.5. The molecule has 0 aromatic rings. The zero-order valence-electron chi connectivity index (χ0n) is 20.9. The van der Waals surface area contributed by atoms with Gasteiger partial charge in [-0.1, -0.05) is 6.92 Å². The van der Waals surface area contributed by atoms with E-state index in [1.54, 1.807) is 18.7 Å². The summed E-state index contributed by atoms with van der Waals surface area (Å²) in [6.45, 7) is 9.85. The lowest BCUT2D eigenvalue weighted by Crippen LogP contribution is -2.73. The zero-order chi connectivity index (χ0) is 24.5. The number of likely N-dealkylation sites (tertiary alicyclic amines) is 1. The molecule has 1 amide bonds. The Kier molecular flexibility index (Phi) is 11.8. The minimum absolute atomic E-state index is 0.0452. The Morgan fingerprint density at radius 3 is 2.25 bits per heavy atom. The number of carbonyl (C=O) groups is 3. The first kappa shape index (κ1) is 28.5. The van der Waals surface area contributed by atoms with Gasteiger partial charge in [-0.05, 0) is 54.3 Å². The topological polar surface area (TPSA) is 99.6 Å². The molecule has 1 fully saturated rings. The van der Waals surface area contributed by atoms with Crippen LogP contribution in [-0.4, -0.2) is 116 Å². The Labute approximate surface area is 193 Å². The van der Waals surface area contributed by atoms with Crippen molar-refractivity contribution in [2.24, 2.45) is 11.8 Å². The molecule has 1 saturated heterocycles. The van der Waals surface area contributed by atoms with Crippen molar-refractivity contribution in [2.75, 3.05) is 67.2 Å². The number of aliphatic hydroxyl groups is 1. The van der Waals surface area contributed by atoms with Crippen LogP contribution in [0.15, 0.2) is 0 Å². The molecule has 2 unspecified atom stereocenters. The normalized spacial score (nSPS) is 17.4. The molecule has 0 aliphatic carbocycles. The number of hydrogen-bond acceptors (Lipinski definition) is 8. The third kappa shape index (κ3) is 7.79. The summed E-state index contributed by atoms with van der Waals surface area (Å²) in [7, 11) is 5.38. The molecule has 186 valence electrons. The van der Waals surface area contributed by atoms with Gasteiger partial charge >= 0.3 is 5.97 Å². The van der Waals surface area contributed by atoms with Crippen molar-refractivity contribution in [2.45, 2.75) is 52.1 Å². The largest absolute Gasteiger partial charge is 0.463 e. The van der Waals surface area contributed by atoms with E-state index in [-0.39, 0.29) is 43.5 Å². The molecule has 0 spiro atoms. The molecule has 0 aromatic carbocycles. The van der Waals surface area contributed by atoms with Crippen LogP contribution in [0.1, 0.15) is 40.5 Å². The third-order valence-electron chi connectivity index (χ3n) is 6.47. The standard InChI is InChI=1S/C23H43N3O6/c1-17(2)24(5)12-20(28)26-14-23(15-26,25(6)10-8-9-11-27)16-32-22(30)19(4)21(29)18(3)13-31-7/h17-19,27H,8-16H2,1-7H3. The molecule has 2 atom stereocenters. The van der Waals surface area contributed by atoms with Crippen molar-refractivity contribution >= 4 is 17.7 Å². The zero-order valence-corrected chi connectivity index (χ0v) is 20.9. The third-order valence-corrected chi connectivity index (χ3v) is 6.47. The van der Waals surface area contributed by atoms with E-state index < -0.39 is 17.4 Å². The maximum absolute atomic E-state index is 12.7. The Bertz CT molecular complexity index is 621. The maximum atomic E-state index is 12.7. The summed E-state index contributed by atoms with van der Waals surface area (Å²) in [5.41, 5.74) is -0.488. The Balaban J connectivity index is 2.77. The van der Waals surface area contributed by atoms with Gasteiger partial charge in [0, 0.05) is 38.8 Å². The predicted octanol–water partition coefficient (Wildman–Crippen LogP) is 0.643. The molecule has 1 aliphatic rings. The van der Waals surface area contributed by atoms with Gasteiger partial charge in [0.25, 0.3) is 0 Å². The summed E-state index contributed by atoms with van der Waals surface area (Å²) < 4.78 is 10.6.